The first-order valence-corrected chi connectivity index (χ1v) is 7.80. The first-order valence-electron chi connectivity index (χ1n) is 6.75. The number of amides is 1. The molecular formula is C16H14N2O3S. The van der Waals surface area contributed by atoms with E-state index < -0.39 is 12.0 Å². The van der Waals surface area contributed by atoms with E-state index in [2.05, 4.69) is 11.6 Å². The fourth-order valence-electron chi connectivity index (χ4n) is 2.49. The molecule has 5 nitrogen and oxygen atoms in total. The van der Waals surface area contributed by atoms with E-state index in [1.54, 1.807) is 6.21 Å². The van der Waals surface area contributed by atoms with Gasteiger partial charge in [-0.15, -0.1) is 11.8 Å². The van der Waals surface area contributed by atoms with Crippen LogP contribution in [0.3, 0.4) is 0 Å². The summed E-state index contributed by atoms with van der Waals surface area (Å²) in [5.74, 6) is -0.850. The van der Waals surface area contributed by atoms with Gasteiger partial charge in [-0.05, 0) is 11.1 Å². The molecule has 1 amide bonds. The van der Waals surface area contributed by atoms with Crippen LogP contribution in [-0.4, -0.2) is 45.3 Å². The van der Waals surface area contributed by atoms with Gasteiger partial charge >= 0.3 is 5.97 Å². The fourth-order valence-corrected chi connectivity index (χ4v) is 3.82. The van der Waals surface area contributed by atoms with Crippen LogP contribution in [0.2, 0.25) is 0 Å². The Kier molecular flexibility index (Phi) is 3.85. The maximum atomic E-state index is 12.3. The third kappa shape index (κ3) is 2.35. The standard InChI is InChI=1S/C16H14N2O3S/c1-2-11-9-22-15-12(14(19)18(15)13(11)16(20)21)17-8-10-6-4-3-5-7-10/h2-8,12,15H,1,9H2,(H,20,21)/t12?,15-/m0/s1. The lowest BCUT2D eigenvalue weighted by Gasteiger charge is -2.47. The second-order valence-corrected chi connectivity index (χ2v) is 6.03. The Morgan fingerprint density at radius 3 is 2.77 bits per heavy atom. The minimum atomic E-state index is -1.10. The van der Waals surface area contributed by atoms with Gasteiger partial charge in [0.2, 0.25) is 0 Å². The van der Waals surface area contributed by atoms with Crippen molar-refractivity contribution in [3.05, 3.63) is 59.8 Å². The number of hydrogen-bond acceptors (Lipinski definition) is 4. The molecule has 6 heteroatoms. The molecule has 2 aliphatic rings. The number of carbonyl (C=O) groups is 2. The Hall–Kier alpha value is -2.34. The van der Waals surface area contributed by atoms with Crippen molar-refractivity contribution in [2.24, 2.45) is 4.99 Å². The highest BCUT2D eigenvalue weighted by molar-refractivity contribution is 8.00. The molecule has 1 saturated heterocycles. The average molecular weight is 314 g/mol. The zero-order chi connectivity index (χ0) is 15.7. The number of aliphatic carboxylic acids is 1. The molecule has 1 aromatic carbocycles. The van der Waals surface area contributed by atoms with E-state index in [1.807, 2.05) is 30.3 Å². The maximum absolute atomic E-state index is 12.3. The molecule has 1 unspecified atom stereocenters. The predicted molar refractivity (Wildman–Crippen MR) is 85.8 cm³/mol. The van der Waals surface area contributed by atoms with Gasteiger partial charge in [-0.3, -0.25) is 14.7 Å². The van der Waals surface area contributed by atoms with Crippen LogP contribution >= 0.6 is 11.8 Å². The van der Waals surface area contributed by atoms with Crippen molar-refractivity contribution in [3.63, 3.8) is 0 Å². The lowest BCUT2D eigenvalue weighted by atomic mass is 10.0. The Morgan fingerprint density at radius 1 is 1.41 bits per heavy atom. The summed E-state index contributed by atoms with van der Waals surface area (Å²) in [6.45, 7) is 3.62. The van der Waals surface area contributed by atoms with Crippen LogP contribution in [0, 0.1) is 0 Å². The summed E-state index contributed by atoms with van der Waals surface area (Å²) in [7, 11) is 0. The zero-order valence-corrected chi connectivity index (χ0v) is 12.5. The quantitative estimate of drug-likeness (QED) is 0.681. The first kappa shape index (κ1) is 14.6. The molecular weight excluding hydrogens is 300 g/mol. The smallest absolute Gasteiger partial charge is 0.352 e. The monoisotopic (exact) mass is 314 g/mol. The number of rotatable bonds is 4. The average Bonchev–Trinajstić information content (AvgIpc) is 2.54. The SMILES string of the molecule is C=CC1=C(C(=O)O)N2C(=O)C(N=Cc3ccccc3)[C@@H]2SC1. The first-order chi connectivity index (χ1) is 10.6. The molecule has 1 N–H and O–H groups in total. The zero-order valence-electron chi connectivity index (χ0n) is 11.7. The molecule has 2 heterocycles. The third-order valence-corrected chi connectivity index (χ3v) is 4.89. The summed E-state index contributed by atoms with van der Waals surface area (Å²) in [6, 6.07) is 8.98. The molecule has 1 fully saturated rings. The van der Waals surface area contributed by atoms with Crippen molar-refractivity contribution in [3.8, 4) is 0 Å². The van der Waals surface area contributed by atoms with Gasteiger partial charge in [0.25, 0.3) is 5.91 Å². The van der Waals surface area contributed by atoms with Crippen LogP contribution in [0.4, 0.5) is 0 Å². The Bertz CT molecular complexity index is 697. The summed E-state index contributed by atoms with van der Waals surface area (Å²) in [4.78, 5) is 29.3. The van der Waals surface area contributed by atoms with Gasteiger partial charge < -0.3 is 5.11 Å². The molecule has 3 rings (SSSR count). The lowest BCUT2D eigenvalue weighted by molar-refractivity contribution is -0.147. The highest BCUT2D eigenvalue weighted by atomic mass is 32.2. The van der Waals surface area contributed by atoms with Crippen molar-refractivity contribution in [2.45, 2.75) is 11.4 Å². The van der Waals surface area contributed by atoms with Crippen LogP contribution < -0.4 is 0 Å². The fraction of sp³-hybridized carbons (Fsp3) is 0.188. The van der Waals surface area contributed by atoms with Gasteiger partial charge in [0, 0.05) is 12.0 Å². The molecule has 0 spiro atoms. The summed E-state index contributed by atoms with van der Waals surface area (Å²) in [6.07, 6.45) is 3.16. The van der Waals surface area contributed by atoms with Crippen LogP contribution in [0.1, 0.15) is 5.56 Å². The summed E-state index contributed by atoms with van der Waals surface area (Å²) >= 11 is 1.51. The lowest BCUT2D eigenvalue weighted by Crippen LogP contribution is -2.64. The summed E-state index contributed by atoms with van der Waals surface area (Å²) < 4.78 is 0. The molecule has 0 bridgehead atoms. The number of hydrogen-bond donors (Lipinski definition) is 1. The Balaban J connectivity index is 1.82. The Morgan fingerprint density at radius 2 is 2.14 bits per heavy atom. The largest absolute Gasteiger partial charge is 0.477 e. The number of carboxylic acid groups (broad SMARTS) is 1. The number of nitrogens with zero attached hydrogens (tertiary/aromatic N) is 2. The number of allylic oxidation sites excluding steroid dienone is 1. The molecule has 0 saturated carbocycles. The van der Waals surface area contributed by atoms with Crippen LogP contribution in [0.15, 0.2) is 59.2 Å². The van der Waals surface area contributed by atoms with E-state index in [1.165, 1.54) is 22.7 Å². The highest BCUT2D eigenvalue weighted by Gasteiger charge is 2.53. The van der Waals surface area contributed by atoms with Gasteiger partial charge in [0.1, 0.15) is 11.1 Å². The number of aliphatic imine (C=N–C) groups is 1. The molecule has 0 radical (unpaired) electrons. The van der Waals surface area contributed by atoms with E-state index in [-0.39, 0.29) is 17.0 Å². The van der Waals surface area contributed by atoms with Crippen molar-refractivity contribution < 1.29 is 14.7 Å². The third-order valence-electron chi connectivity index (χ3n) is 3.60. The number of thioether (sulfide) groups is 1. The van der Waals surface area contributed by atoms with Gasteiger partial charge in [-0.2, -0.15) is 0 Å². The maximum Gasteiger partial charge on any atom is 0.352 e. The second kappa shape index (κ2) is 5.81. The van der Waals surface area contributed by atoms with E-state index in [4.69, 9.17) is 0 Å². The van der Waals surface area contributed by atoms with Gasteiger partial charge in [-0.25, -0.2) is 4.79 Å². The topological polar surface area (TPSA) is 70.0 Å². The Labute approximate surface area is 132 Å². The minimum absolute atomic E-state index is 0.0370. The second-order valence-electron chi connectivity index (χ2n) is 4.93. The number of benzene rings is 1. The predicted octanol–water partition coefficient (Wildman–Crippen LogP) is 1.91. The molecule has 0 aliphatic carbocycles. The van der Waals surface area contributed by atoms with Crippen LogP contribution in [0.25, 0.3) is 0 Å². The van der Waals surface area contributed by atoms with Crippen molar-refractivity contribution in [2.75, 3.05) is 5.75 Å². The van der Waals surface area contributed by atoms with Crippen LogP contribution in [0.5, 0.6) is 0 Å². The number of β-lactam (4-membered cyclic amide) rings is 1. The normalized spacial score (nSPS) is 24.2. The molecule has 2 atom stereocenters. The molecule has 112 valence electrons. The highest BCUT2D eigenvalue weighted by Crippen LogP contribution is 2.41. The van der Waals surface area contributed by atoms with E-state index >= 15 is 0 Å². The van der Waals surface area contributed by atoms with Gasteiger partial charge in [0.05, 0.1) is 0 Å². The molecule has 0 aromatic heterocycles. The van der Waals surface area contributed by atoms with E-state index in [0.29, 0.717) is 11.3 Å². The van der Waals surface area contributed by atoms with E-state index in [0.717, 1.165) is 5.56 Å². The summed E-state index contributed by atoms with van der Waals surface area (Å²) in [5.41, 5.74) is 1.53. The van der Waals surface area contributed by atoms with E-state index in [9.17, 15) is 14.7 Å². The number of carboxylic acids is 1. The molecule has 22 heavy (non-hydrogen) atoms. The molecule has 2 aliphatic heterocycles. The van der Waals surface area contributed by atoms with Crippen molar-refractivity contribution >= 4 is 29.9 Å². The number of carbonyl (C=O) groups excluding carboxylic acids is 1. The van der Waals surface area contributed by atoms with Gasteiger partial charge in [-0.1, -0.05) is 43.0 Å². The van der Waals surface area contributed by atoms with Crippen molar-refractivity contribution in [1.29, 1.82) is 0 Å². The van der Waals surface area contributed by atoms with Crippen LogP contribution in [-0.2, 0) is 9.59 Å². The number of fused-ring (bicyclic) bond motifs is 1. The minimum Gasteiger partial charge on any atom is -0.477 e. The summed E-state index contributed by atoms with van der Waals surface area (Å²) in [5, 5.41) is 9.08. The van der Waals surface area contributed by atoms with Gasteiger partial charge in [0.15, 0.2) is 6.04 Å². The molecule has 1 aromatic rings. The van der Waals surface area contributed by atoms with Crippen molar-refractivity contribution in [1.82, 2.24) is 4.90 Å².